The third-order valence-corrected chi connectivity index (χ3v) is 4.65. The molecule has 0 saturated carbocycles. The smallest absolute Gasteiger partial charge is 0.231 e. The molecule has 1 unspecified atom stereocenters. The first kappa shape index (κ1) is 15.2. The van der Waals surface area contributed by atoms with Crippen molar-refractivity contribution >= 4 is 5.91 Å². The maximum absolute atomic E-state index is 12.2. The van der Waals surface area contributed by atoms with E-state index in [4.69, 9.17) is 9.47 Å². The van der Waals surface area contributed by atoms with Crippen molar-refractivity contribution in [1.29, 1.82) is 0 Å². The van der Waals surface area contributed by atoms with Gasteiger partial charge in [0.05, 0.1) is 0 Å². The molecule has 0 aliphatic carbocycles. The number of amides is 1. The molecule has 1 fully saturated rings. The van der Waals surface area contributed by atoms with Crippen molar-refractivity contribution in [3.63, 3.8) is 0 Å². The highest BCUT2D eigenvalue weighted by Gasteiger charge is 2.22. The Hall–Kier alpha value is -1.75. The van der Waals surface area contributed by atoms with Gasteiger partial charge in [-0.05, 0) is 43.8 Å². The van der Waals surface area contributed by atoms with E-state index in [-0.39, 0.29) is 12.7 Å². The molecule has 0 aromatic heterocycles. The van der Waals surface area contributed by atoms with Gasteiger partial charge in [-0.15, -0.1) is 0 Å². The van der Waals surface area contributed by atoms with Gasteiger partial charge in [-0.1, -0.05) is 19.1 Å². The summed E-state index contributed by atoms with van der Waals surface area (Å²) >= 11 is 0. The standard InChI is InChI=1S/C17H24N2O3/c1-12(13-5-7-18-8-6-13)9-16(20)19-10-14-3-2-4-15-17(14)22-11-21-15/h2-4,12-13,18H,5-11H2,1H3,(H,19,20). The van der Waals surface area contributed by atoms with Gasteiger partial charge in [-0.25, -0.2) is 0 Å². The molecule has 1 saturated heterocycles. The van der Waals surface area contributed by atoms with E-state index < -0.39 is 0 Å². The van der Waals surface area contributed by atoms with Gasteiger partial charge in [-0.2, -0.15) is 0 Å². The van der Waals surface area contributed by atoms with E-state index in [1.165, 1.54) is 12.8 Å². The van der Waals surface area contributed by atoms with Gasteiger partial charge in [0.1, 0.15) is 0 Å². The number of hydrogen-bond donors (Lipinski definition) is 2. The van der Waals surface area contributed by atoms with E-state index in [9.17, 15) is 4.79 Å². The SMILES string of the molecule is CC(CC(=O)NCc1cccc2c1OCO2)C1CCNCC1. The van der Waals surface area contributed by atoms with Gasteiger partial charge >= 0.3 is 0 Å². The Morgan fingerprint density at radius 1 is 1.36 bits per heavy atom. The zero-order valence-corrected chi connectivity index (χ0v) is 13.1. The second-order valence-electron chi connectivity index (χ2n) is 6.20. The fraction of sp³-hybridized carbons (Fsp3) is 0.588. The Bertz CT molecular complexity index is 527. The molecular formula is C17H24N2O3. The zero-order valence-electron chi connectivity index (χ0n) is 13.1. The van der Waals surface area contributed by atoms with Gasteiger partial charge in [0, 0.05) is 18.5 Å². The number of hydrogen-bond acceptors (Lipinski definition) is 4. The minimum absolute atomic E-state index is 0.113. The predicted octanol–water partition coefficient (Wildman–Crippen LogP) is 2.06. The van der Waals surface area contributed by atoms with E-state index >= 15 is 0 Å². The highest BCUT2D eigenvalue weighted by atomic mass is 16.7. The lowest BCUT2D eigenvalue weighted by atomic mass is 9.84. The molecule has 1 aromatic rings. The average molecular weight is 304 g/mol. The molecule has 120 valence electrons. The van der Waals surface area contributed by atoms with Crippen LogP contribution in [0.15, 0.2) is 18.2 Å². The van der Waals surface area contributed by atoms with Gasteiger partial charge < -0.3 is 20.1 Å². The first-order valence-electron chi connectivity index (χ1n) is 8.09. The second-order valence-corrected chi connectivity index (χ2v) is 6.20. The molecule has 0 spiro atoms. The van der Waals surface area contributed by atoms with Crippen molar-refractivity contribution < 1.29 is 14.3 Å². The fourth-order valence-electron chi connectivity index (χ4n) is 3.27. The number of piperidine rings is 1. The molecule has 2 aliphatic rings. The van der Waals surface area contributed by atoms with Crippen LogP contribution in [0.1, 0.15) is 31.7 Å². The number of nitrogens with one attached hydrogen (secondary N) is 2. The lowest BCUT2D eigenvalue weighted by Crippen LogP contribution is -2.33. The van der Waals surface area contributed by atoms with Crippen molar-refractivity contribution in [3.8, 4) is 11.5 Å². The maximum Gasteiger partial charge on any atom is 0.231 e. The summed E-state index contributed by atoms with van der Waals surface area (Å²) in [7, 11) is 0. The van der Waals surface area contributed by atoms with Crippen molar-refractivity contribution in [2.45, 2.75) is 32.7 Å². The number of para-hydroxylation sites is 1. The van der Waals surface area contributed by atoms with E-state index in [2.05, 4.69) is 17.6 Å². The summed E-state index contributed by atoms with van der Waals surface area (Å²) in [6.07, 6.45) is 2.94. The summed E-state index contributed by atoms with van der Waals surface area (Å²) in [6, 6.07) is 5.77. The minimum Gasteiger partial charge on any atom is -0.454 e. The minimum atomic E-state index is 0.113. The van der Waals surface area contributed by atoms with Crippen molar-refractivity contribution in [2.24, 2.45) is 11.8 Å². The molecule has 1 atom stereocenters. The number of benzene rings is 1. The average Bonchev–Trinajstić information content (AvgIpc) is 3.03. The van der Waals surface area contributed by atoms with Crippen LogP contribution in [0.5, 0.6) is 11.5 Å². The van der Waals surface area contributed by atoms with Gasteiger partial charge in [0.25, 0.3) is 0 Å². The quantitative estimate of drug-likeness (QED) is 0.874. The van der Waals surface area contributed by atoms with E-state index in [0.29, 0.717) is 24.8 Å². The van der Waals surface area contributed by atoms with Crippen LogP contribution in [0.4, 0.5) is 0 Å². The molecule has 22 heavy (non-hydrogen) atoms. The molecule has 5 nitrogen and oxygen atoms in total. The predicted molar refractivity (Wildman–Crippen MR) is 83.8 cm³/mol. The van der Waals surface area contributed by atoms with Crippen LogP contribution in [0.25, 0.3) is 0 Å². The number of ether oxygens (including phenoxy) is 2. The molecular weight excluding hydrogens is 280 g/mol. The summed E-state index contributed by atoms with van der Waals surface area (Å²) in [4.78, 5) is 12.2. The lowest BCUT2D eigenvalue weighted by Gasteiger charge is -2.27. The summed E-state index contributed by atoms with van der Waals surface area (Å²) < 4.78 is 10.8. The highest BCUT2D eigenvalue weighted by molar-refractivity contribution is 5.76. The van der Waals surface area contributed by atoms with Crippen LogP contribution in [0.3, 0.4) is 0 Å². The Morgan fingerprint density at radius 2 is 2.18 bits per heavy atom. The Balaban J connectivity index is 1.49. The number of fused-ring (bicyclic) bond motifs is 1. The lowest BCUT2D eigenvalue weighted by molar-refractivity contribution is -0.122. The van der Waals surface area contributed by atoms with Gasteiger partial charge in [-0.3, -0.25) is 4.79 Å². The van der Waals surface area contributed by atoms with Crippen molar-refractivity contribution in [1.82, 2.24) is 10.6 Å². The summed E-state index contributed by atoms with van der Waals surface area (Å²) in [6.45, 7) is 5.08. The zero-order chi connectivity index (χ0) is 15.4. The summed E-state index contributed by atoms with van der Waals surface area (Å²) in [5.74, 6) is 2.72. The van der Waals surface area contributed by atoms with E-state index in [1.54, 1.807) is 0 Å². The maximum atomic E-state index is 12.2. The van der Waals surface area contributed by atoms with Gasteiger partial charge in [0.2, 0.25) is 12.7 Å². The number of carbonyl (C=O) groups is 1. The highest BCUT2D eigenvalue weighted by Crippen LogP contribution is 2.35. The molecule has 2 heterocycles. The third-order valence-electron chi connectivity index (χ3n) is 4.65. The first-order valence-corrected chi connectivity index (χ1v) is 8.09. The summed E-state index contributed by atoms with van der Waals surface area (Å²) in [5.41, 5.74) is 0.970. The number of rotatable bonds is 5. The molecule has 1 aromatic carbocycles. The first-order chi connectivity index (χ1) is 10.7. The summed E-state index contributed by atoms with van der Waals surface area (Å²) in [5, 5.41) is 6.38. The topological polar surface area (TPSA) is 59.6 Å². The van der Waals surface area contributed by atoms with Crippen LogP contribution in [-0.2, 0) is 11.3 Å². The molecule has 0 bridgehead atoms. The number of carbonyl (C=O) groups excluding carboxylic acids is 1. The molecule has 0 radical (unpaired) electrons. The molecule has 3 rings (SSSR count). The second kappa shape index (κ2) is 7.01. The van der Waals surface area contributed by atoms with Crippen LogP contribution >= 0.6 is 0 Å². The normalized spacial score (nSPS) is 19.0. The largest absolute Gasteiger partial charge is 0.454 e. The van der Waals surface area contributed by atoms with Gasteiger partial charge in [0.15, 0.2) is 11.5 Å². The molecule has 2 N–H and O–H groups in total. The Labute approximate surface area is 131 Å². The van der Waals surface area contributed by atoms with Crippen molar-refractivity contribution in [2.75, 3.05) is 19.9 Å². The fourth-order valence-corrected chi connectivity index (χ4v) is 3.27. The van der Waals surface area contributed by atoms with Crippen molar-refractivity contribution in [3.05, 3.63) is 23.8 Å². The Morgan fingerprint density at radius 3 is 3.00 bits per heavy atom. The monoisotopic (exact) mass is 304 g/mol. The van der Waals surface area contributed by atoms with E-state index in [1.807, 2.05) is 18.2 Å². The molecule has 1 amide bonds. The molecule has 5 heteroatoms. The van der Waals surface area contributed by atoms with E-state index in [0.717, 1.165) is 30.2 Å². The van der Waals surface area contributed by atoms with Crippen LogP contribution in [0.2, 0.25) is 0 Å². The van der Waals surface area contributed by atoms with Crippen LogP contribution in [0, 0.1) is 11.8 Å². The third kappa shape index (κ3) is 3.53. The van der Waals surface area contributed by atoms with Crippen LogP contribution in [-0.4, -0.2) is 25.8 Å². The Kier molecular flexibility index (Phi) is 4.83. The molecule has 2 aliphatic heterocycles. The van der Waals surface area contributed by atoms with Crippen LogP contribution < -0.4 is 20.1 Å².